The summed E-state index contributed by atoms with van der Waals surface area (Å²) >= 11 is 0. The van der Waals surface area contributed by atoms with E-state index in [1.165, 1.54) is 12.5 Å². The summed E-state index contributed by atoms with van der Waals surface area (Å²) in [5.41, 5.74) is 6.20. The van der Waals surface area contributed by atoms with Crippen molar-refractivity contribution in [2.75, 3.05) is 13.2 Å². The lowest BCUT2D eigenvalue weighted by molar-refractivity contribution is -0.142. The van der Waals surface area contributed by atoms with Crippen LogP contribution >= 0.6 is 0 Å². The minimum Gasteiger partial charge on any atom is -0.480 e. The first-order chi connectivity index (χ1) is 13.6. The highest BCUT2D eigenvalue weighted by atomic mass is 16.4. The predicted molar refractivity (Wildman–Crippen MR) is 101 cm³/mol. The highest BCUT2D eigenvalue weighted by molar-refractivity contribution is 5.92. The number of aliphatic hydroxyl groups excluding tert-OH is 1. The quantitative estimate of drug-likeness (QED) is 0.195. The number of carboxylic acids is 1. The number of hydrogen-bond donors (Lipinski definition) is 7. The SMILES string of the molecule is CC(C)CC(N)C(=O)NCC(=O)NC(CO)C(=O)NC(Cc1cnc[nH]1)C(=O)O. The summed E-state index contributed by atoms with van der Waals surface area (Å²) in [6.45, 7) is 2.61. The number of H-pyrrole nitrogens is 1. The molecular formula is C17H28N6O6. The fourth-order valence-corrected chi connectivity index (χ4v) is 2.44. The maximum Gasteiger partial charge on any atom is 0.326 e. The molecule has 0 aliphatic carbocycles. The summed E-state index contributed by atoms with van der Waals surface area (Å²) in [4.78, 5) is 53.9. The molecule has 0 fully saturated rings. The summed E-state index contributed by atoms with van der Waals surface area (Å²) in [5.74, 6) is -3.21. The van der Waals surface area contributed by atoms with Gasteiger partial charge in [-0.2, -0.15) is 0 Å². The topological polar surface area (TPSA) is 200 Å². The minimum atomic E-state index is -1.38. The second-order valence-electron chi connectivity index (χ2n) is 6.94. The lowest BCUT2D eigenvalue weighted by Crippen LogP contribution is -2.55. The first-order valence-electron chi connectivity index (χ1n) is 9.08. The van der Waals surface area contributed by atoms with E-state index >= 15 is 0 Å². The van der Waals surface area contributed by atoms with Crippen LogP contribution in [0.15, 0.2) is 12.5 Å². The van der Waals surface area contributed by atoms with Gasteiger partial charge in [-0.1, -0.05) is 13.8 Å². The van der Waals surface area contributed by atoms with E-state index in [2.05, 4.69) is 25.9 Å². The van der Waals surface area contributed by atoms with E-state index in [1.54, 1.807) is 0 Å². The lowest BCUT2D eigenvalue weighted by Gasteiger charge is -2.20. The highest BCUT2D eigenvalue weighted by Crippen LogP contribution is 2.02. The van der Waals surface area contributed by atoms with Gasteiger partial charge in [-0.25, -0.2) is 9.78 Å². The number of imidazole rings is 1. The smallest absolute Gasteiger partial charge is 0.326 e. The van der Waals surface area contributed by atoms with E-state index in [0.717, 1.165) is 0 Å². The zero-order valence-corrected chi connectivity index (χ0v) is 16.3. The summed E-state index contributed by atoms with van der Waals surface area (Å²) < 4.78 is 0. The number of nitrogens with two attached hydrogens (primary N) is 1. The van der Waals surface area contributed by atoms with Gasteiger partial charge in [0, 0.05) is 18.3 Å². The first-order valence-corrected chi connectivity index (χ1v) is 9.08. The van der Waals surface area contributed by atoms with Gasteiger partial charge < -0.3 is 36.9 Å². The molecule has 3 amide bonds. The van der Waals surface area contributed by atoms with Crippen molar-refractivity contribution in [2.24, 2.45) is 11.7 Å². The number of amides is 3. The monoisotopic (exact) mass is 412 g/mol. The van der Waals surface area contributed by atoms with Crippen LogP contribution in [0.4, 0.5) is 0 Å². The third-order valence-corrected chi connectivity index (χ3v) is 3.91. The van der Waals surface area contributed by atoms with E-state index in [0.29, 0.717) is 12.1 Å². The van der Waals surface area contributed by atoms with Crippen LogP contribution in [0.1, 0.15) is 26.0 Å². The molecule has 3 atom stereocenters. The Morgan fingerprint density at radius 1 is 1.17 bits per heavy atom. The van der Waals surface area contributed by atoms with E-state index < -0.39 is 55.0 Å². The second-order valence-corrected chi connectivity index (χ2v) is 6.94. The average Bonchev–Trinajstić information content (AvgIpc) is 3.15. The zero-order chi connectivity index (χ0) is 22.0. The largest absolute Gasteiger partial charge is 0.480 e. The molecule has 0 bridgehead atoms. The molecule has 12 heteroatoms. The van der Waals surface area contributed by atoms with Crippen LogP contribution in [-0.4, -0.2) is 75.1 Å². The molecule has 0 saturated heterocycles. The van der Waals surface area contributed by atoms with Crippen LogP contribution < -0.4 is 21.7 Å². The van der Waals surface area contributed by atoms with E-state index in [1.807, 2.05) is 13.8 Å². The van der Waals surface area contributed by atoms with Gasteiger partial charge in [0.25, 0.3) is 0 Å². The fourth-order valence-electron chi connectivity index (χ4n) is 2.44. The number of hydrogen-bond acceptors (Lipinski definition) is 7. The molecule has 0 saturated carbocycles. The van der Waals surface area contributed by atoms with Crippen molar-refractivity contribution in [3.05, 3.63) is 18.2 Å². The number of carboxylic acid groups (broad SMARTS) is 1. The standard InChI is InChI=1S/C17H28N6O6/c1-9(2)3-11(18)15(26)20-6-14(25)22-13(7-24)16(27)23-12(17(28)29)4-10-5-19-8-21-10/h5,8-9,11-13,24H,3-4,6-7,18H2,1-2H3,(H,19,21)(H,20,26)(H,22,25)(H,23,27)(H,28,29). The van der Waals surface area contributed by atoms with Crippen molar-refractivity contribution in [3.63, 3.8) is 0 Å². The Bertz CT molecular complexity index is 693. The molecule has 162 valence electrons. The number of aliphatic carboxylic acids is 1. The molecule has 1 rings (SSSR count). The van der Waals surface area contributed by atoms with Crippen molar-refractivity contribution >= 4 is 23.7 Å². The van der Waals surface area contributed by atoms with E-state index in [4.69, 9.17) is 5.73 Å². The van der Waals surface area contributed by atoms with Crippen molar-refractivity contribution < 1.29 is 29.4 Å². The first kappa shape index (κ1) is 24.0. The van der Waals surface area contributed by atoms with Gasteiger partial charge in [-0.15, -0.1) is 0 Å². The third-order valence-electron chi connectivity index (χ3n) is 3.91. The van der Waals surface area contributed by atoms with Gasteiger partial charge in [0.1, 0.15) is 12.1 Å². The van der Waals surface area contributed by atoms with E-state index in [9.17, 15) is 29.4 Å². The predicted octanol–water partition coefficient (Wildman–Crippen LogP) is -2.51. The molecule has 0 radical (unpaired) electrons. The molecule has 0 aliphatic heterocycles. The molecule has 8 N–H and O–H groups in total. The summed E-state index contributed by atoms with van der Waals surface area (Å²) in [6, 6.07) is -3.44. The Morgan fingerprint density at radius 3 is 2.38 bits per heavy atom. The third kappa shape index (κ3) is 8.70. The molecule has 0 spiro atoms. The molecule has 0 aromatic carbocycles. The second kappa shape index (κ2) is 11.8. The maximum absolute atomic E-state index is 12.2. The minimum absolute atomic E-state index is 0.0586. The Balaban J connectivity index is 2.55. The molecule has 3 unspecified atom stereocenters. The van der Waals surface area contributed by atoms with Gasteiger partial charge in [0.2, 0.25) is 17.7 Å². The Morgan fingerprint density at radius 2 is 1.86 bits per heavy atom. The van der Waals surface area contributed by atoms with Gasteiger partial charge in [-0.3, -0.25) is 14.4 Å². The average molecular weight is 412 g/mol. The van der Waals surface area contributed by atoms with Crippen molar-refractivity contribution in [3.8, 4) is 0 Å². The molecule has 1 aromatic heterocycles. The van der Waals surface area contributed by atoms with Crippen molar-refractivity contribution in [1.29, 1.82) is 0 Å². The van der Waals surface area contributed by atoms with Gasteiger partial charge in [0.15, 0.2) is 0 Å². The number of carbonyl (C=O) groups is 4. The number of carbonyl (C=O) groups excluding carboxylic acids is 3. The van der Waals surface area contributed by atoms with Gasteiger partial charge >= 0.3 is 5.97 Å². The molecular weight excluding hydrogens is 384 g/mol. The highest BCUT2D eigenvalue weighted by Gasteiger charge is 2.27. The molecule has 1 heterocycles. The Kier molecular flexibility index (Phi) is 9.75. The Labute approximate surface area is 167 Å². The molecule has 12 nitrogen and oxygen atoms in total. The molecule has 1 aromatic rings. The fraction of sp³-hybridized carbons (Fsp3) is 0.588. The van der Waals surface area contributed by atoms with Gasteiger partial charge in [-0.05, 0) is 12.3 Å². The number of nitrogens with zero attached hydrogens (tertiary/aromatic N) is 1. The Hall–Kier alpha value is -2.99. The van der Waals surface area contributed by atoms with Gasteiger partial charge in [0.05, 0.1) is 25.5 Å². The number of rotatable bonds is 12. The summed E-state index contributed by atoms with van der Waals surface area (Å²) in [5, 5.41) is 25.5. The van der Waals surface area contributed by atoms with Crippen LogP contribution in [0.3, 0.4) is 0 Å². The van der Waals surface area contributed by atoms with Crippen molar-refractivity contribution in [2.45, 2.75) is 44.8 Å². The van der Waals surface area contributed by atoms with Crippen LogP contribution in [0.5, 0.6) is 0 Å². The number of aromatic nitrogens is 2. The van der Waals surface area contributed by atoms with Crippen LogP contribution in [-0.2, 0) is 25.6 Å². The van der Waals surface area contributed by atoms with E-state index in [-0.39, 0.29) is 12.3 Å². The zero-order valence-electron chi connectivity index (χ0n) is 16.3. The molecule has 0 aliphatic rings. The normalized spacial score (nSPS) is 14.0. The van der Waals surface area contributed by atoms with Crippen LogP contribution in [0.2, 0.25) is 0 Å². The van der Waals surface area contributed by atoms with Crippen molar-refractivity contribution in [1.82, 2.24) is 25.9 Å². The van der Waals surface area contributed by atoms with Crippen LogP contribution in [0, 0.1) is 5.92 Å². The number of aromatic amines is 1. The summed E-state index contributed by atoms with van der Waals surface area (Å²) in [7, 11) is 0. The molecule has 29 heavy (non-hydrogen) atoms. The maximum atomic E-state index is 12.2. The number of nitrogens with one attached hydrogen (secondary N) is 4. The number of aliphatic hydroxyl groups is 1. The summed E-state index contributed by atoms with van der Waals surface area (Å²) in [6.07, 6.45) is 3.17. The van der Waals surface area contributed by atoms with Crippen LogP contribution in [0.25, 0.3) is 0 Å². The lowest BCUT2D eigenvalue weighted by atomic mass is 10.0.